The van der Waals surface area contributed by atoms with Crippen LogP contribution in [-0.4, -0.2) is 47.5 Å². The van der Waals surface area contributed by atoms with Crippen molar-refractivity contribution in [3.05, 3.63) is 42.0 Å². The maximum absolute atomic E-state index is 5.35. The maximum Gasteiger partial charge on any atom is 0.191 e. The summed E-state index contributed by atoms with van der Waals surface area (Å²) in [5.74, 6) is 2.69. The molecule has 0 unspecified atom stereocenters. The molecule has 0 bridgehead atoms. The zero-order valence-corrected chi connectivity index (χ0v) is 19.9. The molecule has 0 amide bonds. The lowest BCUT2D eigenvalue weighted by atomic mass is 9.85. The first-order valence-corrected chi connectivity index (χ1v) is 9.53. The molecule has 0 saturated heterocycles. The van der Waals surface area contributed by atoms with Crippen LogP contribution in [0.1, 0.15) is 39.1 Å². The van der Waals surface area contributed by atoms with Crippen LogP contribution in [0.4, 0.5) is 0 Å². The molecule has 0 atom stereocenters. The second-order valence-electron chi connectivity index (χ2n) is 7.03. The summed E-state index contributed by atoms with van der Waals surface area (Å²) in [6, 6.07) is 8.18. The van der Waals surface area contributed by atoms with E-state index in [0.29, 0.717) is 6.54 Å². The first-order chi connectivity index (χ1) is 13.0. The number of nitrogens with one attached hydrogen (secondary N) is 2. The van der Waals surface area contributed by atoms with Gasteiger partial charge in [0.25, 0.3) is 0 Å². The number of guanidine groups is 1. The molecule has 0 aliphatic rings. The number of aryl methyl sites for hydroxylation is 1. The molecule has 1 aromatic carbocycles. The first-order valence-electron chi connectivity index (χ1n) is 9.53. The Bertz CT molecular complexity index is 744. The molecule has 0 saturated carbocycles. The largest absolute Gasteiger partial charge is 0.497 e. The highest BCUT2D eigenvalue weighted by Gasteiger charge is 2.21. The molecular formula is C20H33IN6O. The Hall–Kier alpha value is -1.84. The standard InChI is InChI=1S/C20H32N6O.HI/c1-6-18-25-24-15-26(18)12-11-22-19(21-7-2)23-14-20(3,4)16-9-8-10-17(13-16)27-5;/h8-10,13,15H,6-7,11-12,14H2,1-5H3,(H2,21,22,23);1H. The molecule has 7 nitrogen and oxygen atoms in total. The number of ether oxygens (including phenoxy) is 1. The highest BCUT2D eigenvalue weighted by Crippen LogP contribution is 2.26. The Labute approximate surface area is 185 Å². The van der Waals surface area contributed by atoms with Gasteiger partial charge in [0.15, 0.2) is 5.96 Å². The van der Waals surface area contributed by atoms with Gasteiger partial charge < -0.3 is 19.9 Å². The molecule has 8 heteroatoms. The van der Waals surface area contributed by atoms with Crippen LogP contribution in [0.2, 0.25) is 0 Å². The molecular weight excluding hydrogens is 467 g/mol. The van der Waals surface area contributed by atoms with Gasteiger partial charge in [-0.05, 0) is 24.6 Å². The van der Waals surface area contributed by atoms with E-state index >= 15 is 0 Å². The number of hydrogen-bond acceptors (Lipinski definition) is 4. The van der Waals surface area contributed by atoms with Gasteiger partial charge in [0.2, 0.25) is 0 Å². The number of rotatable bonds is 9. The maximum atomic E-state index is 5.35. The summed E-state index contributed by atoms with van der Waals surface area (Å²) in [6.07, 6.45) is 2.65. The van der Waals surface area contributed by atoms with E-state index in [2.05, 4.69) is 65.2 Å². The quantitative estimate of drug-likeness (QED) is 0.315. The van der Waals surface area contributed by atoms with Gasteiger partial charge in [0.05, 0.1) is 13.7 Å². The van der Waals surface area contributed by atoms with E-state index < -0.39 is 0 Å². The summed E-state index contributed by atoms with van der Waals surface area (Å²) in [6.45, 7) is 11.6. The highest BCUT2D eigenvalue weighted by atomic mass is 127. The fraction of sp³-hybridized carbons (Fsp3) is 0.550. The Balaban J connectivity index is 0.00000392. The second-order valence-corrected chi connectivity index (χ2v) is 7.03. The van der Waals surface area contributed by atoms with Crippen LogP contribution >= 0.6 is 24.0 Å². The normalized spacial score (nSPS) is 11.7. The number of hydrogen-bond donors (Lipinski definition) is 2. The van der Waals surface area contributed by atoms with Crippen molar-refractivity contribution < 1.29 is 4.74 Å². The van der Waals surface area contributed by atoms with Crippen molar-refractivity contribution >= 4 is 29.9 Å². The SMILES string of the molecule is CCNC(=NCC(C)(C)c1cccc(OC)c1)NCCn1cnnc1CC.I. The third-order valence-electron chi connectivity index (χ3n) is 4.48. The molecule has 156 valence electrons. The highest BCUT2D eigenvalue weighted by molar-refractivity contribution is 14.0. The van der Waals surface area contributed by atoms with Gasteiger partial charge in [0, 0.05) is 31.5 Å². The lowest BCUT2D eigenvalue weighted by Crippen LogP contribution is -2.40. The van der Waals surface area contributed by atoms with Crippen LogP contribution in [-0.2, 0) is 18.4 Å². The zero-order valence-electron chi connectivity index (χ0n) is 17.5. The lowest BCUT2D eigenvalue weighted by molar-refractivity contribution is 0.412. The Kier molecular flexibility index (Phi) is 10.3. The molecule has 1 heterocycles. The summed E-state index contributed by atoms with van der Waals surface area (Å²) in [4.78, 5) is 4.79. The number of halogens is 1. The first kappa shape index (κ1) is 24.2. The molecule has 28 heavy (non-hydrogen) atoms. The van der Waals surface area contributed by atoms with Crippen molar-refractivity contribution in [2.24, 2.45) is 4.99 Å². The molecule has 0 fully saturated rings. The van der Waals surface area contributed by atoms with Crippen LogP contribution in [0.3, 0.4) is 0 Å². The molecule has 0 aliphatic carbocycles. The minimum absolute atomic E-state index is 0. The number of methoxy groups -OCH3 is 1. The van der Waals surface area contributed by atoms with Crippen LogP contribution in [0.15, 0.2) is 35.6 Å². The molecule has 0 radical (unpaired) electrons. The van der Waals surface area contributed by atoms with Crippen molar-refractivity contribution in [1.82, 2.24) is 25.4 Å². The molecule has 2 N–H and O–H groups in total. The molecule has 1 aromatic heterocycles. The molecule has 2 aromatic rings. The summed E-state index contributed by atoms with van der Waals surface area (Å²) in [5, 5.41) is 14.8. The predicted octanol–water partition coefficient (Wildman–Crippen LogP) is 3.00. The molecule has 2 rings (SSSR count). The van der Waals surface area contributed by atoms with Crippen LogP contribution in [0, 0.1) is 0 Å². The van der Waals surface area contributed by atoms with E-state index in [1.807, 2.05) is 12.1 Å². The third-order valence-corrected chi connectivity index (χ3v) is 4.48. The van der Waals surface area contributed by atoms with Gasteiger partial charge in [-0.25, -0.2) is 0 Å². The van der Waals surface area contributed by atoms with E-state index in [0.717, 1.165) is 43.6 Å². The number of benzene rings is 1. The van der Waals surface area contributed by atoms with E-state index in [4.69, 9.17) is 9.73 Å². The third kappa shape index (κ3) is 6.96. The fourth-order valence-electron chi connectivity index (χ4n) is 2.79. The van der Waals surface area contributed by atoms with E-state index in [1.54, 1.807) is 13.4 Å². The average Bonchev–Trinajstić information content (AvgIpc) is 3.13. The molecule has 0 spiro atoms. The smallest absolute Gasteiger partial charge is 0.191 e. The lowest BCUT2D eigenvalue weighted by Gasteiger charge is -2.24. The van der Waals surface area contributed by atoms with Crippen molar-refractivity contribution in [2.75, 3.05) is 26.7 Å². The van der Waals surface area contributed by atoms with Crippen molar-refractivity contribution in [2.45, 2.75) is 46.1 Å². The van der Waals surface area contributed by atoms with E-state index in [1.165, 1.54) is 5.56 Å². The second kappa shape index (κ2) is 11.9. The number of aliphatic imine (C=N–C) groups is 1. The average molecular weight is 500 g/mol. The van der Waals surface area contributed by atoms with Crippen molar-refractivity contribution in [1.29, 1.82) is 0 Å². The monoisotopic (exact) mass is 500 g/mol. The van der Waals surface area contributed by atoms with Crippen LogP contribution in [0.5, 0.6) is 5.75 Å². The summed E-state index contributed by atoms with van der Waals surface area (Å²) in [5.41, 5.74) is 1.11. The van der Waals surface area contributed by atoms with Gasteiger partial charge in [-0.15, -0.1) is 34.2 Å². The fourth-order valence-corrected chi connectivity index (χ4v) is 2.79. The van der Waals surface area contributed by atoms with Crippen LogP contribution in [0.25, 0.3) is 0 Å². The predicted molar refractivity (Wildman–Crippen MR) is 125 cm³/mol. The summed E-state index contributed by atoms with van der Waals surface area (Å²) >= 11 is 0. The molecule has 0 aliphatic heterocycles. The minimum Gasteiger partial charge on any atom is -0.497 e. The number of nitrogens with zero attached hydrogens (tertiary/aromatic N) is 4. The van der Waals surface area contributed by atoms with E-state index in [9.17, 15) is 0 Å². The van der Waals surface area contributed by atoms with Gasteiger partial charge in [-0.2, -0.15) is 0 Å². The summed E-state index contributed by atoms with van der Waals surface area (Å²) in [7, 11) is 1.69. The van der Waals surface area contributed by atoms with Crippen molar-refractivity contribution in [3.8, 4) is 5.75 Å². The van der Waals surface area contributed by atoms with E-state index in [-0.39, 0.29) is 29.4 Å². The minimum atomic E-state index is -0.0967. The topological polar surface area (TPSA) is 76.4 Å². The Morgan fingerprint density at radius 2 is 2.04 bits per heavy atom. The van der Waals surface area contributed by atoms with Gasteiger partial charge in [-0.3, -0.25) is 4.99 Å². The Morgan fingerprint density at radius 3 is 2.71 bits per heavy atom. The zero-order chi connectivity index (χ0) is 19.7. The van der Waals surface area contributed by atoms with Gasteiger partial charge >= 0.3 is 0 Å². The van der Waals surface area contributed by atoms with Crippen molar-refractivity contribution in [3.63, 3.8) is 0 Å². The van der Waals surface area contributed by atoms with Gasteiger partial charge in [-0.1, -0.05) is 32.9 Å². The summed E-state index contributed by atoms with van der Waals surface area (Å²) < 4.78 is 7.41. The van der Waals surface area contributed by atoms with Crippen LogP contribution < -0.4 is 15.4 Å². The number of aromatic nitrogens is 3. The Morgan fingerprint density at radius 1 is 1.25 bits per heavy atom. The van der Waals surface area contributed by atoms with Gasteiger partial charge in [0.1, 0.15) is 17.9 Å².